The molecule has 2 rings (SSSR count). The summed E-state index contributed by atoms with van der Waals surface area (Å²) in [5.41, 5.74) is 9.04. The van der Waals surface area contributed by atoms with Crippen molar-refractivity contribution in [2.24, 2.45) is 0 Å². The first-order valence-corrected chi connectivity index (χ1v) is 4.53. The molecule has 2 heteroatoms. The molecule has 1 aliphatic heterocycles. The Morgan fingerprint density at radius 3 is 2.54 bits per heavy atom. The van der Waals surface area contributed by atoms with Crippen molar-refractivity contribution < 1.29 is 0 Å². The van der Waals surface area contributed by atoms with Gasteiger partial charge >= 0.3 is 0 Å². The van der Waals surface area contributed by atoms with Gasteiger partial charge in [-0.3, -0.25) is 0 Å². The Morgan fingerprint density at radius 2 is 1.92 bits per heavy atom. The number of nitrogens with zero attached hydrogens (tertiary/aromatic N) is 1. The maximum Gasteiger partial charge on any atom is 0.0376 e. The average Bonchev–Trinajstić information content (AvgIpc) is 2.62. The normalized spacial score (nSPS) is 15.3. The number of aryl methyl sites for hydroxylation is 1. The summed E-state index contributed by atoms with van der Waals surface area (Å²) in [5, 5.41) is 0. The van der Waals surface area contributed by atoms with Gasteiger partial charge < -0.3 is 10.6 Å². The van der Waals surface area contributed by atoms with Gasteiger partial charge in [0.25, 0.3) is 0 Å². The van der Waals surface area contributed by atoms with E-state index in [1.54, 1.807) is 0 Å². The van der Waals surface area contributed by atoms with Crippen molar-refractivity contribution in [1.29, 1.82) is 0 Å². The van der Waals surface area contributed by atoms with Crippen molar-refractivity contribution in [1.82, 2.24) is 0 Å². The Labute approximate surface area is 78.7 Å². The van der Waals surface area contributed by atoms with Crippen LogP contribution in [0.2, 0.25) is 0 Å². The van der Waals surface area contributed by atoms with E-state index in [-0.39, 0.29) is 0 Å². The fraction of sp³-hybridized carbons (Fsp3) is 0.273. The molecular weight excluding hydrogens is 160 g/mol. The van der Waals surface area contributed by atoms with E-state index in [9.17, 15) is 0 Å². The highest BCUT2D eigenvalue weighted by Crippen LogP contribution is 2.21. The lowest BCUT2D eigenvalue weighted by Gasteiger charge is -2.18. The van der Waals surface area contributed by atoms with Crippen molar-refractivity contribution in [2.45, 2.75) is 6.92 Å². The van der Waals surface area contributed by atoms with Crippen molar-refractivity contribution in [3.05, 3.63) is 35.9 Å². The molecule has 0 saturated heterocycles. The molecule has 0 radical (unpaired) electrons. The summed E-state index contributed by atoms with van der Waals surface area (Å²) < 4.78 is 0. The maximum atomic E-state index is 5.75. The third-order valence-corrected chi connectivity index (χ3v) is 2.44. The molecule has 1 aromatic carbocycles. The van der Waals surface area contributed by atoms with Crippen molar-refractivity contribution in [2.75, 3.05) is 23.7 Å². The predicted molar refractivity (Wildman–Crippen MR) is 56.9 cm³/mol. The van der Waals surface area contributed by atoms with Crippen molar-refractivity contribution >= 4 is 11.4 Å². The molecule has 0 bridgehead atoms. The molecular formula is C11H14N2. The number of hydrogen-bond acceptors (Lipinski definition) is 2. The van der Waals surface area contributed by atoms with Gasteiger partial charge in [-0.25, -0.2) is 0 Å². The van der Waals surface area contributed by atoms with E-state index in [0.29, 0.717) is 0 Å². The SMILES string of the molecule is Cc1cc(N2CC=CC2)ccc1N. The van der Waals surface area contributed by atoms with E-state index in [2.05, 4.69) is 29.2 Å². The molecule has 0 unspecified atom stereocenters. The van der Waals surface area contributed by atoms with Gasteiger partial charge in [-0.2, -0.15) is 0 Å². The molecule has 1 aromatic rings. The van der Waals surface area contributed by atoms with Gasteiger partial charge in [-0.15, -0.1) is 0 Å². The summed E-state index contributed by atoms with van der Waals surface area (Å²) in [6.45, 7) is 4.08. The zero-order valence-electron chi connectivity index (χ0n) is 7.83. The summed E-state index contributed by atoms with van der Waals surface area (Å²) in [4.78, 5) is 2.31. The minimum absolute atomic E-state index is 0.871. The van der Waals surface area contributed by atoms with E-state index >= 15 is 0 Å². The molecule has 13 heavy (non-hydrogen) atoms. The zero-order valence-corrected chi connectivity index (χ0v) is 7.83. The minimum Gasteiger partial charge on any atom is -0.399 e. The molecule has 2 N–H and O–H groups in total. The summed E-state index contributed by atoms with van der Waals surface area (Å²) in [7, 11) is 0. The Bertz CT molecular complexity index is 334. The topological polar surface area (TPSA) is 29.3 Å². The quantitative estimate of drug-likeness (QED) is 0.521. The molecule has 68 valence electrons. The van der Waals surface area contributed by atoms with E-state index in [1.165, 1.54) is 5.69 Å². The molecule has 0 fully saturated rings. The smallest absolute Gasteiger partial charge is 0.0376 e. The number of nitrogens with two attached hydrogens (primary N) is 1. The van der Waals surface area contributed by atoms with Crippen LogP contribution in [0.1, 0.15) is 5.56 Å². The van der Waals surface area contributed by atoms with Gasteiger partial charge in [0.1, 0.15) is 0 Å². The highest BCUT2D eigenvalue weighted by atomic mass is 15.1. The van der Waals surface area contributed by atoms with Crippen LogP contribution in [0, 0.1) is 6.92 Å². The standard InChI is InChI=1S/C11H14N2/c1-9-8-10(4-5-11(9)12)13-6-2-3-7-13/h2-5,8H,6-7,12H2,1H3. The predicted octanol–water partition coefficient (Wildman–Crippen LogP) is 1.95. The van der Waals surface area contributed by atoms with Crippen LogP contribution in [-0.2, 0) is 0 Å². The second-order valence-electron chi connectivity index (χ2n) is 3.42. The zero-order chi connectivity index (χ0) is 9.26. The Balaban J connectivity index is 2.26. The fourth-order valence-electron chi connectivity index (χ4n) is 1.55. The van der Waals surface area contributed by atoms with Crippen LogP contribution >= 0.6 is 0 Å². The lowest BCUT2D eigenvalue weighted by Crippen LogP contribution is -2.18. The minimum atomic E-state index is 0.871. The van der Waals surface area contributed by atoms with E-state index in [4.69, 9.17) is 5.73 Å². The molecule has 0 saturated carbocycles. The second kappa shape index (κ2) is 3.13. The average molecular weight is 174 g/mol. The molecule has 0 atom stereocenters. The van der Waals surface area contributed by atoms with Gasteiger partial charge in [0, 0.05) is 24.5 Å². The molecule has 0 spiro atoms. The lowest BCUT2D eigenvalue weighted by atomic mass is 10.2. The van der Waals surface area contributed by atoms with Crippen LogP contribution in [0.4, 0.5) is 11.4 Å². The largest absolute Gasteiger partial charge is 0.399 e. The van der Waals surface area contributed by atoms with E-state index in [0.717, 1.165) is 24.3 Å². The highest BCUT2D eigenvalue weighted by Gasteiger charge is 2.07. The van der Waals surface area contributed by atoms with Gasteiger partial charge in [-0.05, 0) is 30.7 Å². The van der Waals surface area contributed by atoms with Crippen LogP contribution in [0.3, 0.4) is 0 Å². The van der Waals surface area contributed by atoms with E-state index in [1.807, 2.05) is 13.0 Å². The first kappa shape index (κ1) is 8.17. The fourth-order valence-corrected chi connectivity index (χ4v) is 1.55. The summed E-state index contributed by atoms with van der Waals surface area (Å²) in [6.07, 6.45) is 4.37. The number of anilines is 2. The van der Waals surface area contributed by atoms with Crippen molar-refractivity contribution in [3.8, 4) is 0 Å². The second-order valence-corrected chi connectivity index (χ2v) is 3.42. The van der Waals surface area contributed by atoms with E-state index < -0.39 is 0 Å². The van der Waals surface area contributed by atoms with Crippen LogP contribution in [0.5, 0.6) is 0 Å². The molecule has 0 amide bonds. The van der Waals surface area contributed by atoms with Gasteiger partial charge in [-0.1, -0.05) is 12.2 Å². The van der Waals surface area contributed by atoms with Gasteiger partial charge in [0.15, 0.2) is 0 Å². The first-order valence-electron chi connectivity index (χ1n) is 4.53. The number of rotatable bonds is 1. The Morgan fingerprint density at radius 1 is 1.23 bits per heavy atom. The van der Waals surface area contributed by atoms with Gasteiger partial charge in [0.2, 0.25) is 0 Å². The van der Waals surface area contributed by atoms with Crippen molar-refractivity contribution in [3.63, 3.8) is 0 Å². The summed E-state index contributed by atoms with van der Waals surface area (Å²) in [6, 6.07) is 6.20. The van der Waals surface area contributed by atoms with Crippen LogP contribution in [0.25, 0.3) is 0 Å². The maximum absolute atomic E-state index is 5.75. The van der Waals surface area contributed by atoms with Gasteiger partial charge in [0.05, 0.1) is 0 Å². The first-order chi connectivity index (χ1) is 6.27. The molecule has 2 nitrogen and oxygen atoms in total. The molecule has 0 aromatic heterocycles. The third kappa shape index (κ3) is 1.52. The molecule has 0 aliphatic carbocycles. The molecule has 1 aliphatic rings. The lowest BCUT2D eigenvalue weighted by molar-refractivity contribution is 1.01. The van der Waals surface area contributed by atoms with Crippen LogP contribution < -0.4 is 10.6 Å². The third-order valence-electron chi connectivity index (χ3n) is 2.44. The summed E-state index contributed by atoms with van der Waals surface area (Å²) in [5.74, 6) is 0. The number of benzene rings is 1. The highest BCUT2D eigenvalue weighted by molar-refractivity contribution is 5.59. The monoisotopic (exact) mass is 174 g/mol. The Hall–Kier alpha value is -1.44. The number of nitrogen functional groups attached to an aromatic ring is 1. The molecule has 1 heterocycles. The number of hydrogen-bond donors (Lipinski definition) is 1. The summed E-state index contributed by atoms with van der Waals surface area (Å²) >= 11 is 0. The van der Waals surface area contributed by atoms with Crippen LogP contribution in [0.15, 0.2) is 30.4 Å². The Kier molecular flexibility index (Phi) is 1.97. The van der Waals surface area contributed by atoms with Crippen LogP contribution in [-0.4, -0.2) is 13.1 Å².